The van der Waals surface area contributed by atoms with Crippen molar-refractivity contribution in [2.75, 3.05) is 14.2 Å². The second-order valence-corrected chi connectivity index (χ2v) is 6.41. The quantitative estimate of drug-likeness (QED) is 0.697. The summed E-state index contributed by atoms with van der Waals surface area (Å²) in [7, 11) is 3.31. The van der Waals surface area contributed by atoms with Gasteiger partial charge in [0.15, 0.2) is 11.5 Å². The third kappa shape index (κ3) is 2.11. The van der Waals surface area contributed by atoms with Crippen LogP contribution in [0.4, 0.5) is 0 Å². The van der Waals surface area contributed by atoms with Crippen molar-refractivity contribution in [3.05, 3.63) is 71.0 Å². The molecule has 0 amide bonds. The van der Waals surface area contributed by atoms with E-state index >= 15 is 0 Å². The highest BCUT2D eigenvalue weighted by molar-refractivity contribution is 5.61. The lowest BCUT2D eigenvalue weighted by Gasteiger charge is -2.19. The van der Waals surface area contributed by atoms with Crippen molar-refractivity contribution in [3.63, 3.8) is 0 Å². The predicted octanol–water partition coefficient (Wildman–Crippen LogP) is 4.68. The van der Waals surface area contributed by atoms with Crippen molar-refractivity contribution in [2.45, 2.75) is 18.6 Å². The van der Waals surface area contributed by atoms with Gasteiger partial charge < -0.3 is 18.6 Å². The molecule has 2 aliphatic heterocycles. The fraction of sp³-hybridized carbons (Fsp3) is 0.238. The van der Waals surface area contributed by atoms with Gasteiger partial charge in [0.05, 0.1) is 20.3 Å². The Labute approximate surface area is 145 Å². The van der Waals surface area contributed by atoms with Gasteiger partial charge in [0.2, 0.25) is 0 Å². The fourth-order valence-electron chi connectivity index (χ4n) is 3.86. The summed E-state index contributed by atoms with van der Waals surface area (Å²) < 4.78 is 23.4. The Bertz CT molecular complexity index is 942. The van der Waals surface area contributed by atoms with Gasteiger partial charge in [-0.25, -0.2) is 0 Å². The first kappa shape index (κ1) is 14.6. The van der Waals surface area contributed by atoms with Crippen molar-refractivity contribution < 1.29 is 18.6 Å². The summed E-state index contributed by atoms with van der Waals surface area (Å²) >= 11 is 0. The number of rotatable bonds is 3. The lowest BCUT2D eigenvalue weighted by atomic mass is 10.0. The van der Waals surface area contributed by atoms with Gasteiger partial charge in [0.25, 0.3) is 0 Å². The largest absolute Gasteiger partial charge is 0.493 e. The molecule has 2 bridgehead atoms. The molecule has 0 saturated heterocycles. The minimum Gasteiger partial charge on any atom is -0.493 e. The van der Waals surface area contributed by atoms with Crippen LogP contribution in [0.5, 0.6) is 11.5 Å². The first-order valence-electron chi connectivity index (χ1n) is 8.37. The van der Waals surface area contributed by atoms with Gasteiger partial charge in [-0.15, -0.1) is 0 Å². The highest BCUT2D eigenvalue weighted by Crippen LogP contribution is 2.53. The maximum atomic E-state index is 6.24. The average Bonchev–Trinajstić information content (AvgIpc) is 3.22. The van der Waals surface area contributed by atoms with Crippen LogP contribution in [-0.4, -0.2) is 14.2 Å². The third-order valence-electron chi connectivity index (χ3n) is 5.06. The molecule has 4 nitrogen and oxygen atoms in total. The lowest BCUT2D eigenvalue weighted by Crippen LogP contribution is -2.10. The highest BCUT2D eigenvalue weighted by atomic mass is 16.5. The number of hydrogen-bond donors (Lipinski definition) is 0. The van der Waals surface area contributed by atoms with Crippen LogP contribution in [0.15, 0.2) is 52.9 Å². The van der Waals surface area contributed by atoms with E-state index in [2.05, 4.69) is 18.2 Å². The zero-order valence-corrected chi connectivity index (χ0v) is 14.1. The summed E-state index contributed by atoms with van der Waals surface area (Å²) in [5.41, 5.74) is 4.57. The van der Waals surface area contributed by atoms with Crippen LogP contribution >= 0.6 is 0 Å². The highest BCUT2D eigenvalue weighted by Gasteiger charge is 2.42. The minimum atomic E-state index is -0.180. The van der Waals surface area contributed by atoms with Crippen LogP contribution < -0.4 is 9.47 Å². The topological polar surface area (TPSA) is 40.8 Å². The number of benzene rings is 2. The molecule has 2 aliphatic rings. The van der Waals surface area contributed by atoms with Gasteiger partial charge in [-0.05, 0) is 29.3 Å². The van der Waals surface area contributed by atoms with Crippen LogP contribution in [0, 0.1) is 0 Å². The zero-order chi connectivity index (χ0) is 17.0. The minimum absolute atomic E-state index is 0.0357. The maximum absolute atomic E-state index is 6.24. The van der Waals surface area contributed by atoms with E-state index in [9.17, 15) is 0 Å². The third-order valence-corrected chi connectivity index (χ3v) is 5.06. The second kappa shape index (κ2) is 5.39. The Morgan fingerprint density at radius 1 is 0.920 bits per heavy atom. The first-order chi connectivity index (χ1) is 12.3. The van der Waals surface area contributed by atoms with Crippen LogP contribution in [0.25, 0.3) is 11.3 Å². The molecule has 2 unspecified atom stereocenters. The molecular weight excluding hydrogens is 316 g/mol. The number of fused-ring (bicyclic) bond motifs is 7. The van der Waals surface area contributed by atoms with E-state index in [0.29, 0.717) is 5.75 Å². The van der Waals surface area contributed by atoms with Crippen molar-refractivity contribution >= 4 is 0 Å². The summed E-state index contributed by atoms with van der Waals surface area (Å²) in [5, 5.41) is 0. The van der Waals surface area contributed by atoms with Crippen molar-refractivity contribution in [1.82, 2.24) is 0 Å². The molecule has 0 N–H and O–H groups in total. The smallest absolute Gasteiger partial charge is 0.161 e. The molecule has 0 spiro atoms. The van der Waals surface area contributed by atoms with Crippen LogP contribution in [-0.2, 0) is 11.2 Å². The van der Waals surface area contributed by atoms with Crippen LogP contribution in [0.3, 0.4) is 0 Å². The summed E-state index contributed by atoms with van der Waals surface area (Å²) in [6.45, 7) is 0. The van der Waals surface area contributed by atoms with Crippen LogP contribution in [0.2, 0.25) is 0 Å². The predicted molar refractivity (Wildman–Crippen MR) is 93.1 cm³/mol. The molecule has 2 aromatic carbocycles. The van der Waals surface area contributed by atoms with Gasteiger partial charge in [0.1, 0.15) is 17.6 Å². The lowest BCUT2D eigenvalue weighted by molar-refractivity contribution is 0.00907. The number of methoxy groups -OCH3 is 2. The summed E-state index contributed by atoms with van der Waals surface area (Å²) in [6.07, 6.45) is 0.666. The van der Waals surface area contributed by atoms with Gasteiger partial charge in [-0.2, -0.15) is 0 Å². The van der Waals surface area contributed by atoms with Crippen molar-refractivity contribution in [2.24, 2.45) is 0 Å². The van der Waals surface area contributed by atoms with Gasteiger partial charge in [-0.3, -0.25) is 0 Å². The SMILES string of the molecule is COc1cc2c(cc1OC)C1OC2Cc2cc(-c3ccccc3)oc21. The van der Waals surface area contributed by atoms with E-state index in [1.54, 1.807) is 14.2 Å². The summed E-state index contributed by atoms with van der Waals surface area (Å²) in [6, 6.07) is 16.4. The average molecular weight is 334 g/mol. The van der Waals surface area contributed by atoms with E-state index < -0.39 is 0 Å². The van der Waals surface area contributed by atoms with Crippen molar-refractivity contribution in [3.8, 4) is 22.8 Å². The van der Waals surface area contributed by atoms with E-state index in [-0.39, 0.29) is 12.2 Å². The fourth-order valence-corrected chi connectivity index (χ4v) is 3.86. The zero-order valence-electron chi connectivity index (χ0n) is 14.1. The molecule has 2 atom stereocenters. The molecule has 3 heterocycles. The summed E-state index contributed by atoms with van der Waals surface area (Å²) in [4.78, 5) is 0. The van der Waals surface area contributed by atoms with E-state index in [1.165, 1.54) is 5.56 Å². The summed E-state index contributed by atoms with van der Waals surface area (Å²) in [5.74, 6) is 3.25. The molecule has 0 fully saturated rings. The molecule has 0 saturated carbocycles. The Kier molecular flexibility index (Phi) is 3.15. The van der Waals surface area contributed by atoms with E-state index in [1.807, 2.05) is 30.3 Å². The van der Waals surface area contributed by atoms with Crippen molar-refractivity contribution in [1.29, 1.82) is 0 Å². The Hall–Kier alpha value is -2.72. The Balaban J connectivity index is 1.61. The van der Waals surface area contributed by atoms with Gasteiger partial charge in [0, 0.05) is 17.5 Å². The monoisotopic (exact) mass is 334 g/mol. The standard InChI is InChI=1S/C21H18O4/c1-22-18-10-14-15(11-19(18)23-2)21-20-13(9-17(14)25-21)8-16(24-20)12-6-4-3-5-7-12/h3-8,10-11,17,21H,9H2,1-2H3. The van der Waals surface area contributed by atoms with Gasteiger partial charge >= 0.3 is 0 Å². The first-order valence-corrected chi connectivity index (χ1v) is 8.37. The van der Waals surface area contributed by atoms with E-state index in [4.69, 9.17) is 18.6 Å². The molecular formula is C21H18O4. The Morgan fingerprint density at radius 3 is 2.36 bits per heavy atom. The normalized spacial score (nSPS) is 20.1. The van der Waals surface area contributed by atoms with E-state index in [0.717, 1.165) is 40.4 Å². The molecule has 0 aliphatic carbocycles. The number of hydrogen-bond acceptors (Lipinski definition) is 4. The molecule has 25 heavy (non-hydrogen) atoms. The molecule has 126 valence electrons. The number of ether oxygens (including phenoxy) is 3. The molecule has 5 rings (SSSR count). The van der Waals surface area contributed by atoms with Crippen LogP contribution in [0.1, 0.15) is 34.7 Å². The maximum Gasteiger partial charge on any atom is 0.161 e. The molecule has 3 aromatic rings. The molecule has 4 heteroatoms. The molecule has 0 radical (unpaired) electrons. The Morgan fingerprint density at radius 2 is 1.64 bits per heavy atom. The second-order valence-electron chi connectivity index (χ2n) is 6.41. The number of furan rings is 1. The van der Waals surface area contributed by atoms with Gasteiger partial charge in [-0.1, -0.05) is 30.3 Å². The molecule has 1 aromatic heterocycles.